The number of hydrogen-bond donors (Lipinski definition) is 2. The molecular formula is C15H24N2O3S. The molecule has 1 aromatic rings. The summed E-state index contributed by atoms with van der Waals surface area (Å²) in [5.74, 6) is 0.249. The highest BCUT2D eigenvalue weighted by molar-refractivity contribution is 7.89. The molecule has 3 atom stereocenters. The average Bonchev–Trinajstić information content (AvgIpc) is 2.90. The third-order valence-electron chi connectivity index (χ3n) is 4.17. The Kier molecular flexibility index (Phi) is 5.37. The Morgan fingerprint density at radius 3 is 2.81 bits per heavy atom. The summed E-state index contributed by atoms with van der Waals surface area (Å²) in [6.45, 7) is 5.12. The summed E-state index contributed by atoms with van der Waals surface area (Å²) < 4.78 is 32.9. The maximum Gasteiger partial charge on any atom is 0.240 e. The Labute approximate surface area is 127 Å². The second-order valence-electron chi connectivity index (χ2n) is 5.56. The van der Waals surface area contributed by atoms with Crippen LogP contribution in [0.4, 0.5) is 0 Å². The molecule has 1 saturated heterocycles. The molecule has 1 aliphatic heterocycles. The third-order valence-corrected chi connectivity index (χ3v) is 5.59. The Hall–Kier alpha value is -0.950. The molecular weight excluding hydrogens is 288 g/mol. The minimum Gasteiger partial charge on any atom is -0.378 e. The van der Waals surface area contributed by atoms with Gasteiger partial charge in [-0.15, -0.1) is 0 Å². The van der Waals surface area contributed by atoms with E-state index in [2.05, 4.69) is 10.0 Å². The van der Waals surface area contributed by atoms with Gasteiger partial charge in [-0.2, -0.15) is 0 Å². The van der Waals surface area contributed by atoms with Crippen LogP contribution in [0, 0.1) is 5.92 Å². The lowest BCUT2D eigenvalue weighted by molar-refractivity contribution is 0.107. The predicted octanol–water partition coefficient (Wildman–Crippen LogP) is 1.67. The van der Waals surface area contributed by atoms with Crippen molar-refractivity contribution in [2.24, 2.45) is 5.92 Å². The lowest BCUT2D eigenvalue weighted by Gasteiger charge is -2.16. The first-order valence-corrected chi connectivity index (χ1v) is 8.81. The summed E-state index contributed by atoms with van der Waals surface area (Å²) in [4.78, 5) is 0.314. The molecule has 1 aromatic carbocycles. The smallest absolute Gasteiger partial charge is 0.240 e. The van der Waals surface area contributed by atoms with E-state index >= 15 is 0 Å². The fourth-order valence-corrected chi connectivity index (χ4v) is 3.61. The van der Waals surface area contributed by atoms with Crippen LogP contribution in [0.2, 0.25) is 0 Å². The summed E-state index contributed by atoms with van der Waals surface area (Å²) in [6, 6.07) is 7.16. The van der Waals surface area contributed by atoms with Crippen LogP contribution in [0.1, 0.15) is 31.9 Å². The van der Waals surface area contributed by atoms with Crippen LogP contribution in [0.3, 0.4) is 0 Å². The Balaban J connectivity index is 2.08. The quantitative estimate of drug-likeness (QED) is 0.838. The Morgan fingerprint density at radius 2 is 2.19 bits per heavy atom. The molecule has 6 heteroatoms. The van der Waals surface area contributed by atoms with Crippen molar-refractivity contribution in [2.45, 2.75) is 37.3 Å². The van der Waals surface area contributed by atoms with Crippen molar-refractivity contribution in [3.05, 3.63) is 29.8 Å². The van der Waals surface area contributed by atoms with E-state index in [1.54, 1.807) is 18.2 Å². The first-order chi connectivity index (χ1) is 9.94. The van der Waals surface area contributed by atoms with Crippen molar-refractivity contribution in [3.8, 4) is 0 Å². The fraction of sp³-hybridized carbons (Fsp3) is 0.600. The van der Waals surface area contributed by atoms with Gasteiger partial charge in [0.1, 0.15) is 0 Å². The first-order valence-electron chi connectivity index (χ1n) is 7.32. The van der Waals surface area contributed by atoms with Gasteiger partial charge >= 0.3 is 0 Å². The molecule has 0 amide bonds. The van der Waals surface area contributed by atoms with Gasteiger partial charge in [0.2, 0.25) is 10.0 Å². The van der Waals surface area contributed by atoms with Gasteiger partial charge in [-0.25, -0.2) is 13.1 Å². The number of nitrogens with one attached hydrogen (secondary N) is 2. The zero-order valence-electron chi connectivity index (χ0n) is 12.8. The van der Waals surface area contributed by atoms with Crippen molar-refractivity contribution in [3.63, 3.8) is 0 Å². The zero-order valence-corrected chi connectivity index (χ0v) is 13.6. The summed E-state index contributed by atoms with van der Waals surface area (Å²) in [5.41, 5.74) is 0.956. The molecule has 0 spiro atoms. The number of ether oxygens (including phenoxy) is 1. The molecule has 3 unspecified atom stereocenters. The van der Waals surface area contributed by atoms with Crippen LogP contribution in [0.25, 0.3) is 0 Å². The van der Waals surface area contributed by atoms with Gasteiger partial charge in [0.25, 0.3) is 0 Å². The first kappa shape index (κ1) is 16.4. The molecule has 1 aliphatic rings. The van der Waals surface area contributed by atoms with E-state index in [0.717, 1.165) is 12.0 Å². The normalized spacial score (nSPS) is 24.1. The molecule has 0 saturated carbocycles. The van der Waals surface area contributed by atoms with Gasteiger partial charge in [0.05, 0.1) is 11.0 Å². The van der Waals surface area contributed by atoms with Crippen molar-refractivity contribution < 1.29 is 13.2 Å². The van der Waals surface area contributed by atoms with Crippen LogP contribution < -0.4 is 10.0 Å². The van der Waals surface area contributed by atoms with E-state index in [4.69, 9.17) is 4.74 Å². The van der Waals surface area contributed by atoms with Crippen molar-refractivity contribution >= 4 is 10.0 Å². The van der Waals surface area contributed by atoms with Gasteiger partial charge in [-0.3, -0.25) is 0 Å². The molecule has 2 rings (SSSR count). The number of hydrogen-bond acceptors (Lipinski definition) is 4. The van der Waals surface area contributed by atoms with Gasteiger partial charge in [0.15, 0.2) is 0 Å². The van der Waals surface area contributed by atoms with Crippen LogP contribution in [0.5, 0.6) is 0 Å². The number of benzene rings is 1. The Morgan fingerprint density at radius 1 is 1.43 bits per heavy atom. The molecule has 0 radical (unpaired) electrons. The molecule has 21 heavy (non-hydrogen) atoms. The second-order valence-corrected chi connectivity index (χ2v) is 7.33. The fourth-order valence-electron chi connectivity index (χ4n) is 2.46. The van der Waals surface area contributed by atoms with Crippen LogP contribution >= 0.6 is 0 Å². The summed E-state index contributed by atoms with van der Waals surface area (Å²) in [6.07, 6.45) is 1.02. The van der Waals surface area contributed by atoms with Gasteiger partial charge in [-0.05, 0) is 45.0 Å². The topological polar surface area (TPSA) is 67.4 Å². The SMILES string of the molecule is CNC(C)c1cccc(S(=O)(=O)NCC2CCOC2C)c1. The van der Waals surface area contributed by atoms with E-state index in [9.17, 15) is 8.42 Å². The molecule has 118 valence electrons. The summed E-state index contributed by atoms with van der Waals surface area (Å²) >= 11 is 0. The highest BCUT2D eigenvalue weighted by Gasteiger charge is 2.26. The molecule has 0 aromatic heterocycles. The highest BCUT2D eigenvalue weighted by Crippen LogP contribution is 2.21. The lowest BCUT2D eigenvalue weighted by Crippen LogP contribution is -2.32. The van der Waals surface area contributed by atoms with Crippen LogP contribution in [0.15, 0.2) is 29.2 Å². The maximum absolute atomic E-state index is 12.4. The third kappa shape index (κ3) is 4.03. The minimum absolute atomic E-state index is 0.114. The molecule has 1 fully saturated rings. The van der Waals surface area contributed by atoms with E-state index in [1.807, 2.05) is 27.0 Å². The van der Waals surface area contributed by atoms with Crippen molar-refractivity contribution in [2.75, 3.05) is 20.2 Å². The monoisotopic (exact) mass is 312 g/mol. The average molecular weight is 312 g/mol. The largest absolute Gasteiger partial charge is 0.378 e. The van der Waals surface area contributed by atoms with Gasteiger partial charge in [-0.1, -0.05) is 12.1 Å². The van der Waals surface area contributed by atoms with E-state index < -0.39 is 10.0 Å². The second kappa shape index (κ2) is 6.87. The molecule has 2 N–H and O–H groups in total. The van der Waals surface area contributed by atoms with Crippen molar-refractivity contribution in [1.29, 1.82) is 0 Å². The standard InChI is InChI=1S/C15H24N2O3S/c1-11(16-3)13-5-4-6-15(9-13)21(18,19)17-10-14-7-8-20-12(14)2/h4-6,9,11-12,14,16-17H,7-8,10H2,1-3H3. The van der Waals surface area contributed by atoms with E-state index in [1.165, 1.54) is 0 Å². The lowest BCUT2D eigenvalue weighted by atomic mass is 10.0. The van der Waals surface area contributed by atoms with E-state index in [-0.39, 0.29) is 18.1 Å². The molecule has 0 bridgehead atoms. The molecule has 5 nitrogen and oxygen atoms in total. The van der Waals surface area contributed by atoms with Crippen LogP contribution in [-0.2, 0) is 14.8 Å². The molecule has 1 heterocycles. The van der Waals surface area contributed by atoms with Gasteiger partial charge in [0, 0.05) is 25.1 Å². The summed E-state index contributed by atoms with van der Waals surface area (Å²) in [5, 5.41) is 3.11. The Bertz CT molecular complexity index is 574. The van der Waals surface area contributed by atoms with Gasteiger partial charge < -0.3 is 10.1 Å². The number of sulfonamides is 1. The summed E-state index contributed by atoms with van der Waals surface area (Å²) in [7, 11) is -1.62. The molecule has 0 aliphatic carbocycles. The predicted molar refractivity (Wildman–Crippen MR) is 82.6 cm³/mol. The maximum atomic E-state index is 12.4. The van der Waals surface area contributed by atoms with Crippen molar-refractivity contribution in [1.82, 2.24) is 10.0 Å². The highest BCUT2D eigenvalue weighted by atomic mass is 32.2. The van der Waals surface area contributed by atoms with E-state index in [0.29, 0.717) is 18.0 Å². The van der Waals surface area contributed by atoms with Crippen LogP contribution in [-0.4, -0.2) is 34.7 Å². The number of rotatable bonds is 6. The zero-order chi connectivity index (χ0) is 15.5. The minimum atomic E-state index is -3.47.